The van der Waals surface area contributed by atoms with Crippen molar-refractivity contribution < 1.29 is 4.74 Å². The van der Waals surface area contributed by atoms with Crippen LogP contribution in [0.25, 0.3) is 0 Å². The molecule has 7 nitrogen and oxygen atoms in total. The number of pyridine rings is 1. The Kier molecular flexibility index (Phi) is 7.59. The molecule has 0 fully saturated rings. The van der Waals surface area contributed by atoms with E-state index in [1.54, 1.807) is 13.2 Å². The van der Waals surface area contributed by atoms with Crippen molar-refractivity contribution in [3.8, 4) is 5.88 Å². The number of hydrogen-bond acceptors (Lipinski definition) is 4. The number of aliphatic imine (C=N–C) groups is 1. The molecule has 0 radical (unpaired) electrons. The average molecular weight is 330 g/mol. The number of ether oxygens (including phenoxy) is 1. The highest BCUT2D eigenvalue weighted by Gasteiger charge is 2.00. The van der Waals surface area contributed by atoms with E-state index in [-0.39, 0.29) is 0 Å². The van der Waals surface area contributed by atoms with Gasteiger partial charge in [-0.05, 0) is 24.5 Å². The summed E-state index contributed by atoms with van der Waals surface area (Å²) < 4.78 is 7.40. The van der Waals surface area contributed by atoms with Crippen LogP contribution in [-0.2, 0) is 13.1 Å². The maximum absolute atomic E-state index is 5.48. The number of nitrogens with zero attached hydrogens (tertiary/aromatic N) is 4. The smallest absolute Gasteiger partial charge is 0.213 e. The van der Waals surface area contributed by atoms with E-state index in [1.807, 2.05) is 35.3 Å². The van der Waals surface area contributed by atoms with Gasteiger partial charge < -0.3 is 15.4 Å². The summed E-state index contributed by atoms with van der Waals surface area (Å²) in [6, 6.07) is 5.84. The van der Waals surface area contributed by atoms with Crippen molar-refractivity contribution in [2.45, 2.75) is 32.9 Å². The van der Waals surface area contributed by atoms with Crippen LogP contribution in [0.2, 0.25) is 0 Å². The zero-order valence-electron chi connectivity index (χ0n) is 14.4. The number of guanidine groups is 1. The van der Waals surface area contributed by atoms with Crippen LogP contribution in [0.5, 0.6) is 5.88 Å². The van der Waals surface area contributed by atoms with Crippen molar-refractivity contribution >= 4 is 5.96 Å². The SMILES string of the molecule is CCCOc1ccc(CNC(=NC)NCCCn2cccn2)cn1. The molecule has 0 bridgehead atoms. The average Bonchev–Trinajstić information content (AvgIpc) is 3.13. The zero-order chi connectivity index (χ0) is 17.0. The molecule has 0 spiro atoms. The van der Waals surface area contributed by atoms with E-state index in [4.69, 9.17) is 4.74 Å². The second-order valence-electron chi connectivity index (χ2n) is 5.33. The Labute approximate surface area is 143 Å². The van der Waals surface area contributed by atoms with E-state index in [0.29, 0.717) is 19.0 Å². The van der Waals surface area contributed by atoms with Gasteiger partial charge in [0.25, 0.3) is 0 Å². The molecule has 0 aliphatic heterocycles. The lowest BCUT2D eigenvalue weighted by molar-refractivity contribution is 0.305. The normalized spacial score (nSPS) is 11.3. The number of rotatable bonds is 9. The summed E-state index contributed by atoms with van der Waals surface area (Å²) in [5.41, 5.74) is 1.08. The second-order valence-corrected chi connectivity index (χ2v) is 5.33. The van der Waals surface area contributed by atoms with Crippen molar-refractivity contribution in [2.75, 3.05) is 20.2 Å². The first-order valence-corrected chi connectivity index (χ1v) is 8.31. The minimum absolute atomic E-state index is 0.667. The van der Waals surface area contributed by atoms with Gasteiger partial charge in [0, 0.05) is 51.3 Å². The topological polar surface area (TPSA) is 76.4 Å². The van der Waals surface area contributed by atoms with E-state index in [2.05, 4.69) is 32.6 Å². The summed E-state index contributed by atoms with van der Waals surface area (Å²) in [5.74, 6) is 1.45. The van der Waals surface area contributed by atoms with Gasteiger partial charge in [-0.1, -0.05) is 13.0 Å². The monoisotopic (exact) mass is 330 g/mol. The third kappa shape index (κ3) is 6.28. The van der Waals surface area contributed by atoms with Crippen LogP contribution in [0, 0.1) is 0 Å². The third-order valence-electron chi connectivity index (χ3n) is 3.35. The predicted molar refractivity (Wildman–Crippen MR) is 95.1 cm³/mol. The molecule has 0 aliphatic carbocycles. The van der Waals surface area contributed by atoms with Crippen molar-refractivity contribution in [3.63, 3.8) is 0 Å². The molecule has 24 heavy (non-hydrogen) atoms. The van der Waals surface area contributed by atoms with Gasteiger partial charge in [0.2, 0.25) is 5.88 Å². The number of aromatic nitrogens is 3. The van der Waals surface area contributed by atoms with Crippen LogP contribution < -0.4 is 15.4 Å². The summed E-state index contributed by atoms with van der Waals surface area (Å²) in [5, 5.41) is 10.8. The van der Waals surface area contributed by atoms with Gasteiger partial charge in [0.05, 0.1) is 6.61 Å². The first-order valence-electron chi connectivity index (χ1n) is 8.31. The number of hydrogen-bond donors (Lipinski definition) is 2. The van der Waals surface area contributed by atoms with Gasteiger partial charge in [-0.3, -0.25) is 9.67 Å². The van der Waals surface area contributed by atoms with Crippen molar-refractivity contribution in [2.24, 2.45) is 4.99 Å². The van der Waals surface area contributed by atoms with Crippen LogP contribution in [0.15, 0.2) is 41.8 Å². The van der Waals surface area contributed by atoms with Crippen LogP contribution in [0.3, 0.4) is 0 Å². The Hall–Kier alpha value is -2.57. The maximum atomic E-state index is 5.48. The Balaban J connectivity index is 1.67. The summed E-state index contributed by atoms with van der Waals surface area (Å²) in [6.45, 7) is 5.16. The fourth-order valence-electron chi connectivity index (χ4n) is 2.09. The van der Waals surface area contributed by atoms with Crippen molar-refractivity contribution in [1.82, 2.24) is 25.4 Å². The molecule has 2 aromatic heterocycles. The fourth-order valence-corrected chi connectivity index (χ4v) is 2.09. The highest BCUT2D eigenvalue weighted by molar-refractivity contribution is 5.79. The predicted octanol–water partition coefficient (Wildman–Crippen LogP) is 1.82. The van der Waals surface area contributed by atoms with Crippen LogP contribution >= 0.6 is 0 Å². The van der Waals surface area contributed by atoms with E-state index >= 15 is 0 Å². The summed E-state index contributed by atoms with van der Waals surface area (Å²) in [7, 11) is 1.77. The Morgan fingerprint density at radius 2 is 2.25 bits per heavy atom. The highest BCUT2D eigenvalue weighted by atomic mass is 16.5. The van der Waals surface area contributed by atoms with Gasteiger partial charge in [-0.2, -0.15) is 5.10 Å². The van der Waals surface area contributed by atoms with Crippen LogP contribution in [0.1, 0.15) is 25.3 Å². The molecule has 2 N–H and O–H groups in total. The molecule has 0 saturated carbocycles. The summed E-state index contributed by atoms with van der Waals surface area (Å²) in [4.78, 5) is 8.51. The van der Waals surface area contributed by atoms with Crippen LogP contribution in [-0.4, -0.2) is 40.9 Å². The highest BCUT2D eigenvalue weighted by Crippen LogP contribution is 2.07. The molecule has 2 aromatic rings. The molecule has 2 heterocycles. The minimum atomic E-state index is 0.667. The van der Waals surface area contributed by atoms with Crippen LogP contribution in [0.4, 0.5) is 0 Å². The zero-order valence-corrected chi connectivity index (χ0v) is 14.4. The standard InChI is InChI=1S/C17H26N6O/c1-3-12-24-16-7-6-15(13-20-16)14-21-17(18-2)19-8-4-10-23-11-5-9-22-23/h5-7,9,11,13H,3-4,8,10,12,14H2,1-2H3,(H2,18,19,21). The lowest BCUT2D eigenvalue weighted by Crippen LogP contribution is -2.37. The molecule has 2 rings (SSSR count). The van der Waals surface area contributed by atoms with Gasteiger partial charge in [-0.25, -0.2) is 4.98 Å². The van der Waals surface area contributed by atoms with Gasteiger partial charge in [0.1, 0.15) is 0 Å². The molecule has 0 aromatic carbocycles. The molecular weight excluding hydrogens is 304 g/mol. The van der Waals surface area contributed by atoms with E-state index in [1.165, 1.54) is 0 Å². The van der Waals surface area contributed by atoms with E-state index < -0.39 is 0 Å². The first-order chi connectivity index (χ1) is 11.8. The number of aryl methyl sites for hydroxylation is 1. The quantitative estimate of drug-likeness (QED) is 0.417. The van der Waals surface area contributed by atoms with Gasteiger partial charge >= 0.3 is 0 Å². The van der Waals surface area contributed by atoms with E-state index in [0.717, 1.165) is 37.5 Å². The summed E-state index contributed by atoms with van der Waals surface area (Å²) >= 11 is 0. The Bertz CT molecular complexity index is 594. The number of nitrogens with one attached hydrogen (secondary N) is 2. The molecule has 0 unspecified atom stereocenters. The van der Waals surface area contributed by atoms with Crippen molar-refractivity contribution in [3.05, 3.63) is 42.4 Å². The molecule has 0 atom stereocenters. The maximum Gasteiger partial charge on any atom is 0.213 e. The Morgan fingerprint density at radius 1 is 1.33 bits per heavy atom. The lowest BCUT2D eigenvalue weighted by atomic mass is 10.3. The molecular formula is C17H26N6O. The molecule has 0 aliphatic rings. The first kappa shape index (κ1) is 17.8. The van der Waals surface area contributed by atoms with Gasteiger partial charge in [0.15, 0.2) is 5.96 Å². The fraction of sp³-hybridized carbons (Fsp3) is 0.471. The third-order valence-corrected chi connectivity index (χ3v) is 3.35. The molecule has 130 valence electrons. The van der Waals surface area contributed by atoms with Crippen molar-refractivity contribution in [1.29, 1.82) is 0 Å². The largest absolute Gasteiger partial charge is 0.478 e. The van der Waals surface area contributed by atoms with Gasteiger partial charge in [-0.15, -0.1) is 0 Å². The molecule has 0 amide bonds. The molecule has 7 heteroatoms. The Morgan fingerprint density at radius 3 is 2.92 bits per heavy atom. The second kappa shape index (κ2) is 10.3. The summed E-state index contributed by atoms with van der Waals surface area (Å²) in [6.07, 6.45) is 7.54. The minimum Gasteiger partial charge on any atom is -0.478 e. The lowest BCUT2D eigenvalue weighted by Gasteiger charge is -2.12. The van der Waals surface area contributed by atoms with E-state index in [9.17, 15) is 0 Å². The molecule has 0 saturated heterocycles.